The number of furan rings is 1. The molecule has 6 nitrogen and oxygen atoms in total. The number of carbonyl (C=O) groups excluding carboxylic acids is 1. The van der Waals surface area contributed by atoms with E-state index in [2.05, 4.69) is 15.1 Å². The van der Waals surface area contributed by atoms with E-state index in [9.17, 15) is 4.79 Å². The molecule has 0 spiro atoms. The highest BCUT2D eigenvalue weighted by molar-refractivity contribution is 5.77. The van der Waals surface area contributed by atoms with Crippen LogP contribution in [-0.4, -0.2) is 67.7 Å². The van der Waals surface area contributed by atoms with Crippen molar-refractivity contribution in [1.29, 1.82) is 0 Å². The van der Waals surface area contributed by atoms with E-state index in [1.54, 1.807) is 13.3 Å². The molecule has 1 aromatic rings. The highest BCUT2D eigenvalue weighted by Crippen LogP contribution is 2.24. The summed E-state index contributed by atoms with van der Waals surface area (Å²) in [5, 5.41) is 2.69. The lowest BCUT2D eigenvalue weighted by atomic mass is 10.1. The monoisotopic (exact) mass is 279 g/mol. The summed E-state index contributed by atoms with van der Waals surface area (Å²) in [4.78, 5) is 16.1. The van der Waals surface area contributed by atoms with Gasteiger partial charge in [-0.15, -0.1) is 0 Å². The Kier molecular flexibility index (Phi) is 4.05. The Morgan fingerprint density at radius 3 is 3.15 bits per heavy atom. The standard InChI is InChI=1S/C14H21N3O3/c1-15-14(18)10-17-4-6-20-13-9-16(8-12(13)17)7-11-3-2-5-19-11/h2-3,5,12-13H,4,6-10H2,1H3,(H,15,18)/t12-,13+/m0/s1. The minimum absolute atomic E-state index is 0.0649. The highest BCUT2D eigenvalue weighted by atomic mass is 16.5. The number of likely N-dealkylation sites (tertiary alicyclic amines) is 1. The van der Waals surface area contributed by atoms with Gasteiger partial charge in [-0.25, -0.2) is 0 Å². The van der Waals surface area contributed by atoms with E-state index in [0.29, 0.717) is 19.2 Å². The molecule has 2 saturated heterocycles. The number of likely N-dealkylation sites (N-methyl/N-ethyl adjacent to an activating group) is 1. The number of hydrogen-bond donors (Lipinski definition) is 1. The van der Waals surface area contributed by atoms with Gasteiger partial charge in [-0.2, -0.15) is 0 Å². The number of nitrogens with one attached hydrogen (secondary N) is 1. The molecule has 0 aliphatic carbocycles. The Labute approximate surface area is 118 Å². The smallest absolute Gasteiger partial charge is 0.233 e. The highest BCUT2D eigenvalue weighted by Gasteiger charge is 2.40. The van der Waals surface area contributed by atoms with Crippen molar-refractivity contribution < 1.29 is 13.9 Å². The second-order valence-electron chi connectivity index (χ2n) is 5.39. The maximum atomic E-state index is 11.6. The van der Waals surface area contributed by atoms with Crippen LogP contribution in [0, 0.1) is 0 Å². The van der Waals surface area contributed by atoms with E-state index < -0.39 is 0 Å². The SMILES string of the molecule is CNC(=O)CN1CCO[C@@H]2CN(Cc3ccco3)C[C@@H]21. The number of fused-ring (bicyclic) bond motifs is 1. The number of morpholine rings is 1. The molecule has 0 bridgehead atoms. The molecule has 3 heterocycles. The molecule has 3 rings (SSSR count). The molecule has 2 aliphatic rings. The number of amides is 1. The average molecular weight is 279 g/mol. The Morgan fingerprint density at radius 2 is 2.40 bits per heavy atom. The Morgan fingerprint density at radius 1 is 1.50 bits per heavy atom. The topological polar surface area (TPSA) is 58.0 Å². The van der Waals surface area contributed by atoms with Crippen molar-refractivity contribution in [3.63, 3.8) is 0 Å². The van der Waals surface area contributed by atoms with E-state index in [1.165, 1.54) is 0 Å². The first-order valence-electron chi connectivity index (χ1n) is 7.07. The number of ether oxygens (including phenoxy) is 1. The van der Waals surface area contributed by atoms with Crippen molar-refractivity contribution in [2.24, 2.45) is 0 Å². The molecule has 1 amide bonds. The Balaban J connectivity index is 1.61. The fourth-order valence-corrected chi connectivity index (χ4v) is 3.05. The zero-order valence-electron chi connectivity index (χ0n) is 11.7. The van der Waals surface area contributed by atoms with E-state index in [0.717, 1.165) is 31.9 Å². The maximum Gasteiger partial charge on any atom is 0.233 e. The number of rotatable bonds is 4. The molecule has 6 heteroatoms. The minimum atomic E-state index is 0.0649. The lowest BCUT2D eigenvalue weighted by Crippen LogP contribution is -2.53. The lowest BCUT2D eigenvalue weighted by molar-refractivity contribution is -0.125. The molecule has 2 atom stereocenters. The second kappa shape index (κ2) is 5.95. The van der Waals surface area contributed by atoms with E-state index in [-0.39, 0.29) is 12.0 Å². The normalized spacial score (nSPS) is 27.4. The van der Waals surface area contributed by atoms with Crippen molar-refractivity contribution in [2.45, 2.75) is 18.7 Å². The van der Waals surface area contributed by atoms with Gasteiger partial charge in [-0.05, 0) is 12.1 Å². The molecular weight excluding hydrogens is 258 g/mol. The molecule has 0 saturated carbocycles. The van der Waals surface area contributed by atoms with Crippen LogP contribution in [0.25, 0.3) is 0 Å². The third-order valence-corrected chi connectivity index (χ3v) is 4.08. The zero-order valence-corrected chi connectivity index (χ0v) is 11.7. The van der Waals surface area contributed by atoms with Gasteiger partial charge in [0.05, 0.1) is 38.1 Å². The molecule has 110 valence electrons. The molecule has 0 unspecified atom stereocenters. The number of carbonyl (C=O) groups is 1. The fraction of sp³-hybridized carbons (Fsp3) is 0.643. The van der Waals surface area contributed by atoms with Gasteiger partial charge in [-0.3, -0.25) is 14.6 Å². The number of hydrogen-bond acceptors (Lipinski definition) is 5. The predicted octanol–water partition coefficient (Wildman–Crippen LogP) is -0.0894. The van der Waals surface area contributed by atoms with Crippen LogP contribution in [0.4, 0.5) is 0 Å². The summed E-state index contributed by atoms with van der Waals surface area (Å²) in [7, 11) is 1.68. The minimum Gasteiger partial charge on any atom is -0.468 e. The van der Waals surface area contributed by atoms with Gasteiger partial charge in [0.15, 0.2) is 0 Å². The summed E-state index contributed by atoms with van der Waals surface area (Å²) in [5.74, 6) is 1.04. The summed E-state index contributed by atoms with van der Waals surface area (Å²) < 4.78 is 11.2. The largest absolute Gasteiger partial charge is 0.468 e. The van der Waals surface area contributed by atoms with Crippen LogP contribution in [-0.2, 0) is 16.1 Å². The molecule has 20 heavy (non-hydrogen) atoms. The summed E-state index contributed by atoms with van der Waals surface area (Å²) in [6.45, 7) is 4.60. The van der Waals surface area contributed by atoms with Crippen molar-refractivity contribution in [2.75, 3.05) is 39.8 Å². The summed E-state index contributed by atoms with van der Waals surface area (Å²) >= 11 is 0. The Hall–Kier alpha value is -1.37. The van der Waals surface area contributed by atoms with Crippen LogP contribution in [0.1, 0.15) is 5.76 Å². The van der Waals surface area contributed by atoms with E-state index in [4.69, 9.17) is 9.15 Å². The average Bonchev–Trinajstić information content (AvgIpc) is 3.08. The van der Waals surface area contributed by atoms with Crippen LogP contribution < -0.4 is 5.32 Å². The van der Waals surface area contributed by atoms with Crippen molar-refractivity contribution in [3.05, 3.63) is 24.2 Å². The van der Waals surface area contributed by atoms with Crippen LogP contribution in [0.2, 0.25) is 0 Å². The summed E-state index contributed by atoms with van der Waals surface area (Å²) in [6, 6.07) is 4.20. The molecule has 1 aromatic heterocycles. The van der Waals surface area contributed by atoms with Crippen molar-refractivity contribution in [3.8, 4) is 0 Å². The molecule has 2 aliphatic heterocycles. The van der Waals surface area contributed by atoms with E-state index in [1.807, 2.05) is 12.1 Å². The lowest BCUT2D eigenvalue weighted by Gasteiger charge is -2.36. The van der Waals surface area contributed by atoms with Crippen molar-refractivity contribution >= 4 is 5.91 Å². The maximum absolute atomic E-state index is 11.6. The van der Waals surface area contributed by atoms with Crippen molar-refractivity contribution in [1.82, 2.24) is 15.1 Å². The first-order valence-corrected chi connectivity index (χ1v) is 7.07. The van der Waals surface area contributed by atoms with Crippen LogP contribution in [0.5, 0.6) is 0 Å². The third kappa shape index (κ3) is 2.87. The van der Waals surface area contributed by atoms with Gasteiger partial charge < -0.3 is 14.5 Å². The molecule has 1 N–H and O–H groups in total. The predicted molar refractivity (Wildman–Crippen MR) is 73.2 cm³/mol. The molecular formula is C14H21N3O3. The molecule has 0 aromatic carbocycles. The van der Waals surface area contributed by atoms with Gasteiger partial charge in [0.25, 0.3) is 0 Å². The van der Waals surface area contributed by atoms with Gasteiger partial charge in [-0.1, -0.05) is 0 Å². The van der Waals surface area contributed by atoms with Gasteiger partial charge in [0, 0.05) is 26.7 Å². The van der Waals surface area contributed by atoms with E-state index >= 15 is 0 Å². The third-order valence-electron chi connectivity index (χ3n) is 4.08. The summed E-state index contributed by atoms with van der Waals surface area (Å²) in [6.07, 6.45) is 1.90. The zero-order chi connectivity index (χ0) is 13.9. The molecule has 2 fully saturated rings. The van der Waals surface area contributed by atoms with Crippen LogP contribution in [0.3, 0.4) is 0 Å². The van der Waals surface area contributed by atoms with Crippen LogP contribution in [0.15, 0.2) is 22.8 Å². The van der Waals surface area contributed by atoms with Gasteiger partial charge in [0.2, 0.25) is 5.91 Å². The van der Waals surface area contributed by atoms with Crippen LogP contribution >= 0.6 is 0 Å². The molecule has 0 radical (unpaired) electrons. The summed E-state index contributed by atoms with van der Waals surface area (Å²) in [5.41, 5.74) is 0. The number of nitrogens with zero attached hydrogens (tertiary/aromatic N) is 2. The quantitative estimate of drug-likeness (QED) is 0.835. The first kappa shape index (κ1) is 13.6. The van der Waals surface area contributed by atoms with Gasteiger partial charge >= 0.3 is 0 Å². The van der Waals surface area contributed by atoms with Gasteiger partial charge in [0.1, 0.15) is 5.76 Å². The fourth-order valence-electron chi connectivity index (χ4n) is 3.05. The second-order valence-corrected chi connectivity index (χ2v) is 5.39. The Bertz CT molecular complexity index is 449. The first-order chi connectivity index (χ1) is 9.76.